The fourth-order valence-corrected chi connectivity index (χ4v) is 6.84. The van der Waals surface area contributed by atoms with Crippen LogP contribution in [0, 0.1) is 0 Å². The van der Waals surface area contributed by atoms with Gasteiger partial charge in [0.05, 0.1) is 28.2 Å². The molecule has 1 amide bonds. The van der Waals surface area contributed by atoms with Gasteiger partial charge in [-0.05, 0) is 61.4 Å². The lowest BCUT2D eigenvalue weighted by molar-refractivity contribution is -0.122. The molecule has 1 aliphatic rings. The van der Waals surface area contributed by atoms with Gasteiger partial charge in [0.1, 0.15) is 6.54 Å². The highest BCUT2D eigenvalue weighted by Gasteiger charge is 2.47. The van der Waals surface area contributed by atoms with Crippen LogP contribution in [0.15, 0.2) is 70.3 Å². The van der Waals surface area contributed by atoms with Gasteiger partial charge in [-0.15, -0.1) is 0 Å². The molecule has 2 aromatic carbocycles. The summed E-state index contributed by atoms with van der Waals surface area (Å²) in [6, 6.07) is 11.4. The van der Waals surface area contributed by atoms with Gasteiger partial charge < -0.3 is 14.7 Å². The second-order valence-electron chi connectivity index (χ2n) is 10.3. The molecule has 1 fully saturated rings. The van der Waals surface area contributed by atoms with E-state index in [0.29, 0.717) is 35.7 Å². The van der Waals surface area contributed by atoms with E-state index >= 15 is 0 Å². The Balaban J connectivity index is 1.36. The van der Waals surface area contributed by atoms with Crippen molar-refractivity contribution in [3.8, 4) is 11.5 Å². The summed E-state index contributed by atoms with van der Waals surface area (Å²) >= 11 is 13.4. The molecule has 0 bridgehead atoms. The zero-order valence-electron chi connectivity index (χ0n) is 23.2. The molecule has 0 aliphatic heterocycles. The van der Waals surface area contributed by atoms with Gasteiger partial charge in [0.2, 0.25) is 5.91 Å². The summed E-state index contributed by atoms with van der Waals surface area (Å²) in [6.45, 7) is -0.652. The lowest BCUT2D eigenvalue weighted by atomic mass is 9.64. The van der Waals surface area contributed by atoms with Crippen LogP contribution in [0.1, 0.15) is 37.6 Å². The highest BCUT2D eigenvalue weighted by atomic mass is 35.5. The van der Waals surface area contributed by atoms with Gasteiger partial charge in [0.25, 0.3) is 5.89 Å². The molecule has 5 rings (SSSR count). The molecule has 2 heterocycles. The number of sulfone groups is 1. The second kappa shape index (κ2) is 12.4. The van der Waals surface area contributed by atoms with Crippen LogP contribution in [0.25, 0.3) is 11.5 Å². The average Bonchev–Trinajstić information content (AvgIpc) is 3.44. The molecule has 1 aliphatic carbocycles. The third-order valence-electron chi connectivity index (χ3n) is 7.42. The van der Waals surface area contributed by atoms with Gasteiger partial charge in [-0.1, -0.05) is 41.7 Å². The Morgan fingerprint density at radius 1 is 1.11 bits per heavy atom. The summed E-state index contributed by atoms with van der Waals surface area (Å²) in [4.78, 5) is 22.4. The maximum Gasteiger partial charge on any atom is 0.405 e. The van der Waals surface area contributed by atoms with Crippen molar-refractivity contribution in [1.82, 2.24) is 15.1 Å². The molecule has 0 unspecified atom stereocenters. The number of anilines is 2. The SMILES string of the molecule is CCS(=O)(=O)c1ccc(N(CC(=O)Nc2cc(Cl)c(C3(c4noc(-c5cccnc5)n4)CCC3)c(Cl)c2)CC(F)(F)F)cc1. The van der Waals surface area contributed by atoms with Gasteiger partial charge in [-0.25, -0.2) is 8.42 Å². The number of nitrogens with one attached hydrogen (secondary N) is 1. The highest BCUT2D eigenvalue weighted by molar-refractivity contribution is 7.91. The van der Waals surface area contributed by atoms with E-state index in [1.165, 1.54) is 43.3 Å². The number of aromatic nitrogens is 3. The Kier molecular flexibility index (Phi) is 8.92. The molecule has 0 saturated heterocycles. The van der Waals surface area contributed by atoms with Crippen molar-refractivity contribution < 1.29 is 30.9 Å². The van der Waals surface area contributed by atoms with E-state index in [1.807, 2.05) is 0 Å². The number of pyridine rings is 1. The van der Waals surface area contributed by atoms with Crippen LogP contribution in [-0.4, -0.2) is 54.5 Å². The second-order valence-corrected chi connectivity index (χ2v) is 13.4. The number of hydrogen-bond acceptors (Lipinski definition) is 8. The normalized spacial score (nSPS) is 14.6. The zero-order chi connectivity index (χ0) is 31.7. The van der Waals surface area contributed by atoms with E-state index in [0.717, 1.165) is 11.3 Å². The molecule has 15 heteroatoms. The minimum Gasteiger partial charge on any atom is -0.353 e. The van der Waals surface area contributed by atoms with Crippen molar-refractivity contribution in [3.05, 3.63) is 82.4 Å². The van der Waals surface area contributed by atoms with Crippen molar-refractivity contribution in [1.29, 1.82) is 0 Å². The standard InChI is InChI=1S/C29H26Cl2F3N5O4S/c1-2-44(41,42)21-8-6-20(7-9-21)39(17-29(32,33)34)16-24(40)36-19-13-22(30)25(23(31)14-19)28(10-4-11-28)27-37-26(43-38-27)18-5-3-12-35-15-18/h3,5-9,12-15H,2,4,10-11,16-17H2,1H3,(H,36,40). The zero-order valence-corrected chi connectivity index (χ0v) is 25.6. The first-order valence-electron chi connectivity index (χ1n) is 13.5. The topological polar surface area (TPSA) is 118 Å². The van der Waals surface area contributed by atoms with Crippen molar-refractivity contribution >= 4 is 50.3 Å². The van der Waals surface area contributed by atoms with Crippen LogP contribution < -0.4 is 10.2 Å². The third kappa shape index (κ3) is 6.69. The van der Waals surface area contributed by atoms with Crippen LogP contribution in [0.4, 0.5) is 24.5 Å². The molecule has 232 valence electrons. The lowest BCUT2D eigenvalue weighted by Crippen LogP contribution is -2.40. The fraction of sp³-hybridized carbons (Fsp3) is 0.310. The summed E-state index contributed by atoms with van der Waals surface area (Å²) < 4.78 is 69.9. The summed E-state index contributed by atoms with van der Waals surface area (Å²) in [5.74, 6) is -0.227. The molecule has 0 atom stereocenters. The molecule has 1 saturated carbocycles. The number of nitrogens with zero attached hydrogens (tertiary/aromatic N) is 4. The number of hydrogen-bond donors (Lipinski definition) is 1. The number of rotatable bonds is 10. The predicted molar refractivity (Wildman–Crippen MR) is 160 cm³/mol. The van der Waals surface area contributed by atoms with E-state index in [2.05, 4.69) is 20.4 Å². The van der Waals surface area contributed by atoms with Crippen molar-refractivity contribution in [2.24, 2.45) is 0 Å². The third-order valence-corrected chi connectivity index (χ3v) is 9.77. The van der Waals surface area contributed by atoms with E-state index in [4.69, 9.17) is 27.7 Å². The first-order valence-corrected chi connectivity index (χ1v) is 15.9. The maximum absolute atomic E-state index is 13.4. The van der Waals surface area contributed by atoms with E-state index in [-0.39, 0.29) is 32.1 Å². The Labute approximate surface area is 261 Å². The average molecular weight is 669 g/mol. The Morgan fingerprint density at radius 3 is 2.34 bits per heavy atom. The van der Waals surface area contributed by atoms with Crippen molar-refractivity contribution in [3.63, 3.8) is 0 Å². The Bertz CT molecular complexity index is 1740. The van der Waals surface area contributed by atoms with Gasteiger partial charge in [-0.3, -0.25) is 9.78 Å². The van der Waals surface area contributed by atoms with E-state index in [1.54, 1.807) is 24.5 Å². The lowest BCUT2D eigenvalue weighted by Gasteiger charge is -2.40. The monoisotopic (exact) mass is 667 g/mol. The number of benzene rings is 2. The number of halogens is 5. The minimum atomic E-state index is -4.63. The van der Waals surface area contributed by atoms with Crippen LogP contribution in [0.5, 0.6) is 0 Å². The summed E-state index contributed by atoms with van der Waals surface area (Å²) in [5.41, 5.74) is 0.698. The molecule has 1 N–H and O–H groups in total. The number of alkyl halides is 3. The first-order chi connectivity index (χ1) is 20.8. The van der Waals surface area contributed by atoms with Gasteiger partial charge in [0.15, 0.2) is 15.7 Å². The summed E-state index contributed by atoms with van der Waals surface area (Å²) in [7, 11) is -3.55. The number of amides is 1. The van der Waals surface area contributed by atoms with Crippen LogP contribution in [0.3, 0.4) is 0 Å². The van der Waals surface area contributed by atoms with Crippen molar-refractivity contribution in [2.75, 3.05) is 29.1 Å². The van der Waals surface area contributed by atoms with Crippen LogP contribution in [0.2, 0.25) is 10.0 Å². The van der Waals surface area contributed by atoms with Crippen LogP contribution >= 0.6 is 23.2 Å². The smallest absolute Gasteiger partial charge is 0.353 e. The number of carbonyl (C=O) groups excluding carboxylic acids is 1. The molecule has 2 aromatic heterocycles. The van der Waals surface area contributed by atoms with Gasteiger partial charge >= 0.3 is 6.18 Å². The molecule has 0 spiro atoms. The van der Waals surface area contributed by atoms with Gasteiger partial charge in [0, 0.05) is 39.4 Å². The molecule has 0 radical (unpaired) electrons. The Hall–Kier alpha value is -3.68. The van der Waals surface area contributed by atoms with E-state index in [9.17, 15) is 26.4 Å². The summed E-state index contributed by atoms with van der Waals surface area (Å²) in [6.07, 6.45) is 0.753. The minimum absolute atomic E-state index is 0.0247. The van der Waals surface area contributed by atoms with Crippen molar-refractivity contribution in [2.45, 2.75) is 42.7 Å². The van der Waals surface area contributed by atoms with Crippen LogP contribution in [-0.2, 0) is 20.0 Å². The summed E-state index contributed by atoms with van der Waals surface area (Å²) in [5, 5.41) is 7.21. The highest BCUT2D eigenvalue weighted by Crippen LogP contribution is 2.53. The fourth-order valence-electron chi connectivity index (χ4n) is 5.10. The van der Waals surface area contributed by atoms with Gasteiger partial charge in [-0.2, -0.15) is 18.2 Å². The number of carbonyl (C=O) groups is 1. The molecular weight excluding hydrogens is 642 g/mol. The maximum atomic E-state index is 13.4. The molecule has 4 aromatic rings. The largest absolute Gasteiger partial charge is 0.405 e. The molecular formula is C29H26Cl2F3N5O4S. The molecule has 9 nitrogen and oxygen atoms in total. The predicted octanol–water partition coefficient (Wildman–Crippen LogP) is 6.71. The molecule has 44 heavy (non-hydrogen) atoms. The first kappa shape index (κ1) is 31.7. The quantitative estimate of drug-likeness (QED) is 0.198. The Morgan fingerprint density at radius 2 is 1.80 bits per heavy atom. The van der Waals surface area contributed by atoms with E-state index < -0.39 is 40.4 Å².